The number of carbonyl (C=O) groups is 1. The van der Waals surface area contributed by atoms with Gasteiger partial charge in [0.15, 0.2) is 0 Å². The average Bonchev–Trinajstić information content (AvgIpc) is 2.61. The lowest BCUT2D eigenvalue weighted by Gasteiger charge is -2.10. The molecule has 4 nitrogen and oxygen atoms in total. The molecule has 5 heteroatoms. The van der Waals surface area contributed by atoms with E-state index in [2.05, 4.69) is 10.3 Å². The molecule has 0 saturated heterocycles. The van der Waals surface area contributed by atoms with Crippen molar-refractivity contribution in [3.8, 4) is 0 Å². The minimum absolute atomic E-state index is 0. The third-order valence-corrected chi connectivity index (χ3v) is 4.26. The third kappa shape index (κ3) is 3.19. The Bertz CT molecular complexity index is 1120. The van der Waals surface area contributed by atoms with Gasteiger partial charge in [-0.1, -0.05) is 36.4 Å². The molecule has 1 heterocycles. The predicted molar refractivity (Wildman–Crippen MR) is 110 cm³/mol. The molecule has 0 radical (unpaired) electrons. The number of hydrogen-bond acceptors (Lipinski definition) is 3. The van der Waals surface area contributed by atoms with E-state index in [1.165, 1.54) is 0 Å². The van der Waals surface area contributed by atoms with Crippen LogP contribution in [0.4, 0.5) is 11.4 Å². The number of amides is 1. The normalized spacial score (nSPS) is 10.5. The number of benzene rings is 3. The van der Waals surface area contributed by atoms with Crippen molar-refractivity contribution in [1.82, 2.24) is 4.98 Å². The number of carbonyl (C=O) groups excluding carboxylic acids is 1. The number of pyridine rings is 1. The van der Waals surface area contributed by atoms with Crippen molar-refractivity contribution in [2.45, 2.75) is 6.92 Å². The summed E-state index contributed by atoms with van der Waals surface area (Å²) in [6.07, 6.45) is 0. The second-order valence-electron chi connectivity index (χ2n) is 6.07. The molecule has 0 atom stereocenters. The van der Waals surface area contributed by atoms with Crippen LogP contribution in [0.2, 0.25) is 0 Å². The molecule has 0 fully saturated rings. The van der Waals surface area contributed by atoms with E-state index in [-0.39, 0.29) is 18.3 Å². The molecular weight excluding hydrogens is 346 g/mol. The van der Waals surface area contributed by atoms with Crippen LogP contribution in [0.5, 0.6) is 0 Å². The van der Waals surface area contributed by atoms with Crippen LogP contribution in [-0.2, 0) is 0 Å². The van der Waals surface area contributed by atoms with Crippen molar-refractivity contribution < 1.29 is 4.79 Å². The molecule has 0 saturated carbocycles. The molecule has 0 aliphatic carbocycles. The first-order valence-electron chi connectivity index (χ1n) is 8.08. The van der Waals surface area contributed by atoms with Gasteiger partial charge in [0.1, 0.15) is 0 Å². The summed E-state index contributed by atoms with van der Waals surface area (Å²) in [7, 11) is 0. The van der Waals surface area contributed by atoms with E-state index in [4.69, 9.17) is 5.73 Å². The summed E-state index contributed by atoms with van der Waals surface area (Å²) >= 11 is 0. The minimum Gasteiger partial charge on any atom is -0.398 e. The predicted octanol–water partition coefficient (Wildman–Crippen LogP) is 4.95. The minimum atomic E-state index is -0.144. The fraction of sp³-hybridized carbons (Fsp3) is 0.0476. The van der Waals surface area contributed by atoms with Crippen molar-refractivity contribution in [3.63, 3.8) is 0 Å². The number of nitrogens with two attached hydrogens (primary N) is 1. The van der Waals surface area contributed by atoms with Gasteiger partial charge in [0, 0.05) is 28.0 Å². The number of fused-ring (bicyclic) bond motifs is 2. The second kappa shape index (κ2) is 7.02. The van der Waals surface area contributed by atoms with E-state index in [1.54, 1.807) is 0 Å². The molecular formula is C21H18ClN3O. The van der Waals surface area contributed by atoms with Crippen LogP contribution in [0.3, 0.4) is 0 Å². The molecule has 0 aliphatic rings. The zero-order valence-corrected chi connectivity index (χ0v) is 15.0. The first-order valence-corrected chi connectivity index (χ1v) is 8.08. The Morgan fingerprint density at radius 1 is 0.962 bits per heavy atom. The van der Waals surface area contributed by atoms with E-state index in [9.17, 15) is 4.79 Å². The van der Waals surface area contributed by atoms with E-state index in [1.807, 2.05) is 73.7 Å². The Labute approximate surface area is 157 Å². The SMILES string of the molecule is Cc1cc(N)c2cc(NC(=O)c3cccc4ccccc34)ccc2n1.Cl. The largest absolute Gasteiger partial charge is 0.398 e. The van der Waals surface area contributed by atoms with E-state index in [0.717, 1.165) is 27.4 Å². The van der Waals surface area contributed by atoms with Crippen LogP contribution in [0.1, 0.15) is 16.1 Å². The number of rotatable bonds is 2. The number of nitrogens with one attached hydrogen (secondary N) is 1. The van der Waals surface area contributed by atoms with Crippen LogP contribution in [0, 0.1) is 6.92 Å². The van der Waals surface area contributed by atoms with Gasteiger partial charge >= 0.3 is 0 Å². The number of anilines is 2. The summed E-state index contributed by atoms with van der Waals surface area (Å²) in [4.78, 5) is 17.2. The molecule has 130 valence electrons. The maximum absolute atomic E-state index is 12.7. The Kier molecular flexibility index (Phi) is 4.78. The maximum atomic E-state index is 12.7. The third-order valence-electron chi connectivity index (χ3n) is 4.26. The molecule has 4 aromatic rings. The quantitative estimate of drug-likeness (QED) is 0.529. The molecule has 26 heavy (non-hydrogen) atoms. The molecule has 0 spiro atoms. The Morgan fingerprint density at radius 3 is 2.58 bits per heavy atom. The van der Waals surface area contributed by atoms with Gasteiger partial charge in [-0.2, -0.15) is 0 Å². The summed E-state index contributed by atoms with van der Waals surface area (Å²) in [5.41, 5.74) is 9.78. The number of nitrogen functional groups attached to an aromatic ring is 1. The Hall–Kier alpha value is -3.11. The fourth-order valence-corrected chi connectivity index (χ4v) is 3.09. The number of hydrogen-bond donors (Lipinski definition) is 2. The van der Waals surface area contributed by atoms with Gasteiger partial charge in [0.25, 0.3) is 5.91 Å². The van der Waals surface area contributed by atoms with Crippen LogP contribution < -0.4 is 11.1 Å². The highest BCUT2D eigenvalue weighted by Crippen LogP contribution is 2.25. The van der Waals surface area contributed by atoms with E-state index < -0.39 is 0 Å². The van der Waals surface area contributed by atoms with Crippen molar-refractivity contribution in [3.05, 3.63) is 78.0 Å². The average molecular weight is 364 g/mol. The lowest BCUT2D eigenvalue weighted by atomic mass is 10.0. The second-order valence-corrected chi connectivity index (χ2v) is 6.07. The topological polar surface area (TPSA) is 68.0 Å². The fourth-order valence-electron chi connectivity index (χ4n) is 3.09. The highest BCUT2D eigenvalue weighted by molar-refractivity contribution is 6.13. The molecule has 3 N–H and O–H groups in total. The van der Waals surface area contributed by atoms with Crippen LogP contribution in [0.25, 0.3) is 21.7 Å². The highest BCUT2D eigenvalue weighted by atomic mass is 35.5. The first kappa shape index (κ1) is 17.7. The molecule has 1 amide bonds. The van der Waals surface area contributed by atoms with Crippen LogP contribution in [0.15, 0.2) is 66.7 Å². The van der Waals surface area contributed by atoms with Crippen LogP contribution in [-0.4, -0.2) is 10.9 Å². The smallest absolute Gasteiger partial charge is 0.256 e. The number of nitrogens with zero attached hydrogens (tertiary/aromatic N) is 1. The zero-order chi connectivity index (χ0) is 17.4. The van der Waals surface area contributed by atoms with E-state index >= 15 is 0 Å². The van der Waals surface area contributed by atoms with E-state index in [0.29, 0.717) is 16.9 Å². The molecule has 0 bridgehead atoms. The number of aromatic nitrogens is 1. The van der Waals surface area contributed by atoms with Crippen molar-refractivity contribution in [2.24, 2.45) is 0 Å². The van der Waals surface area contributed by atoms with Crippen LogP contribution >= 0.6 is 12.4 Å². The number of halogens is 1. The summed E-state index contributed by atoms with van der Waals surface area (Å²) in [6, 6.07) is 21.0. The van der Waals surface area contributed by atoms with Crippen molar-refractivity contribution in [1.29, 1.82) is 0 Å². The number of aryl methyl sites for hydroxylation is 1. The van der Waals surface area contributed by atoms with Gasteiger partial charge in [0.2, 0.25) is 0 Å². The lowest BCUT2D eigenvalue weighted by molar-refractivity contribution is 0.102. The van der Waals surface area contributed by atoms with Gasteiger partial charge in [-0.3, -0.25) is 9.78 Å². The highest BCUT2D eigenvalue weighted by Gasteiger charge is 2.11. The summed E-state index contributed by atoms with van der Waals surface area (Å²) in [6.45, 7) is 1.91. The maximum Gasteiger partial charge on any atom is 0.256 e. The molecule has 4 rings (SSSR count). The Balaban J connectivity index is 0.00000196. The standard InChI is InChI=1S/C21H17N3O.ClH/c1-13-11-19(22)18-12-15(9-10-20(18)23-13)24-21(25)17-8-4-6-14-5-2-3-7-16(14)17;/h2-12H,1H3,(H2,22,23)(H,24,25);1H. The lowest BCUT2D eigenvalue weighted by Crippen LogP contribution is -2.12. The van der Waals surface area contributed by atoms with Crippen molar-refractivity contribution in [2.75, 3.05) is 11.1 Å². The van der Waals surface area contributed by atoms with Crippen molar-refractivity contribution >= 4 is 51.4 Å². The summed E-state index contributed by atoms with van der Waals surface area (Å²) in [5, 5.41) is 5.77. The van der Waals surface area contributed by atoms with Gasteiger partial charge < -0.3 is 11.1 Å². The molecule has 1 aromatic heterocycles. The molecule has 0 unspecified atom stereocenters. The van der Waals surface area contributed by atoms with Gasteiger partial charge in [-0.05, 0) is 48.0 Å². The molecule has 3 aromatic carbocycles. The zero-order valence-electron chi connectivity index (χ0n) is 14.2. The summed E-state index contributed by atoms with van der Waals surface area (Å²) in [5.74, 6) is -0.144. The van der Waals surface area contributed by atoms with Gasteiger partial charge in [-0.25, -0.2) is 0 Å². The van der Waals surface area contributed by atoms with Gasteiger partial charge in [0.05, 0.1) is 5.52 Å². The Morgan fingerprint density at radius 2 is 1.73 bits per heavy atom. The monoisotopic (exact) mass is 363 g/mol. The molecule has 0 aliphatic heterocycles. The van der Waals surface area contributed by atoms with Gasteiger partial charge in [-0.15, -0.1) is 12.4 Å². The first-order chi connectivity index (χ1) is 12.1. The summed E-state index contributed by atoms with van der Waals surface area (Å²) < 4.78 is 0.